The van der Waals surface area contributed by atoms with Crippen LogP contribution in [0.1, 0.15) is 37.6 Å². The quantitative estimate of drug-likeness (QED) is 0.651. The van der Waals surface area contributed by atoms with E-state index >= 15 is 0 Å². The highest BCUT2D eigenvalue weighted by Crippen LogP contribution is 2.36. The van der Waals surface area contributed by atoms with Crippen LogP contribution in [-0.4, -0.2) is 15.5 Å². The van der Waals surface area contributed by atoms with Gasteiger partial charge in [-0.2, -0.15) is 31.3 Å². The van der Waals surface area contributed by atoms with E-state index in [0.717, 1.165) is 6.07 Å². The van der Waals surface area contributed by atoms with Crippen molar-refractivity contribution in [2.24, 2.45) is 0 Å². The van der Waals surface area contributed by atoms with Crippen molar-refractivity contribution in [1.82, 2.24) is 9.97 Å². The first-order chi connectivity index (χ1) is 12.2. The summed E-state index contributed by atoms with van der Waals surface area (Å²) in [5.74, 6) is -0.559. The number of benzene rings is 1. The van der Waals surface area contributed by atoms with Crippen molar-refractivity contribution in [2.75, 3.05) is 10.6 Å². The van der Waals surface area contributed by atoms with Crippen LogP contribution in [0.2, 0.25) is 0 Å². The molecule has 0 radical (unpaired) electrons. The summed E-state index contributed by atoms with van der Waals surface area (Å²) in [6.07, 6.45) is -9.32. The molecule has 10 heteroatoms. The Hall–Kier alpha value is -2.52. The smallest absolute Gasteiger partial charge is 0.350 e. The van der Waals surface area contributed by atoms with E-state index in [1.165, 1.54) is 19.1 Å². The number of nitrogens with zero attached hydrogens (tertiary/aromatic N) is 2. The molecule has 0 saturated carbocycles. The molecule has 0 saturated heterocycles. The van der Waals surface area contributed by atoms with Gasteiger partial charge in [0, 0.05) is 17.3 Å². The molecule has 0 aliphatic rings. The molecule has 1 heterocycles. The summed E-state index contributed by atoms with van der Waals surface area (Å²) < 4.78 is 78.5. The van der Waals surface area contributed by atoms with Gasteiger partial charge < -0.3 is 10.6 Å². The van der Waals surface area contributed by atoms with Gasteiger partial charge in [0.15, 0.2) is 5.69 Å². The minimum absolute atomic E-state index is 0.00152. The maximum Gasteiger partial charge on any atom is 0.433 e. The molecule has 0 aliphatic heterocycles. The third-order valence-corrected chi connectivity index (χ3v) is 3.41. The van der Waals surface area contributed by atoms with Crippen LogP contribution in [-0.2, 0) is 12.4 Å². The molecule has 27 heavy (non-hydrogen) atoms. The second-order valence-corrected chi connectivity index (χ2v) is 6.94. The first-order valence-electron chi connectivity index (χ1n) is 7.85. The Labute approximate surface area is 152 Å². The number of anilines is 3. The highest BCUT2D eigenvalue weighted by molar-refractivity contribution is 5.63. The fourth-order valence-corrected chi connectivity index (χ4v) is 2.26. The van der Waals surface area contributed by atoms with Gasteiger partial charge in [-0.3, -0.25) is 0 Å². The molecular formula is C17H18F6N4. The van der Waals surface area contributed by atoms with Crippen LogP contribution in [0.3, 0.4) is 0 Å². The molecule has 2 N–H and O–H groups in total. The highest BCUT2D eigenvalue weighted by Gasteiger charge is 2.35. The number of rotatable bonds is 3. The minimum Gasteiger partial charge on any atom is -0.350 e. The molecule has 0 aliphatic carbocycles. The number of hydrogen-bond donors (Lipinski definition) is 2. The van der Waals surface area contributed by atoms with Crippen LogP contribution < -0.4 is 10.6 Å². The van der Waals surface area contributed by atoms with Gasteiger partial charge in [0.1, 0.15) is 5.82 Å². The lowest BCUT2D eigenvalue weighted by Crippen LogP contribution is -2.28. The van der Waals surface area contributed by atoms with E-state index in [4.69, 9.17) is 0 Å². The van der Waals surface area contributed by atoms with Gasteiger partial charge in [0.2, 0.25) is 5.95 Å². The number of hydrogen-bond acceptors (Lipinski definition) is 4. The first-order valence-corrected chi connectivity index (χ1v) is 7.85. The van der Waals surface area contributed by atoms with E-state index in [9.17, 15) is 26.3 Å². The standard InChI is InChI=1S/C17H18F6N4/c1-9-10(16(18,19)20)6-5-7-11(9)24-13-8-12(17(21,22)23)25-14(26-13)27-15(2,3)4/h5-8H,1-4H3,(H2,24,25,26,27). The fraction of sp³-hybridized carbons (Fsp3) is 0.412. The summed E-state index contributed by atoms with van der Waals surface area (Å²) in [7, 11) is 0. The van der Waals surface area contributed by atoms with Crippen molar-refractivity contribution in [1.29, 1.82) is 0 Å². The number of nitrogens with one attached hydrogen (secondary N) is 2. The predicted octanol–water partition coefficient (Wildman–Crippen LogP) is 5.78. The Morgan fingerprint density at radius 1 is 0.889 bits per heavy atom. The number of alkyl halides is 6. The van der Waals surface area contributed by atoms with Crippen LogP contribution in [0.25, 0.3) is 0 Å². The molecule has 1 aromatic carbocycles. The lowest BCUT2D eigenvalue weighted by atomic mass is 10.1. The van der Waals surface area contributed by atoms with Gasteiger partial charge in [0.05, 0.1) is 5.56 Å². The van der Waals surface area contributed by atoms with Gasteiger partial charge in [-0.1, -0.05) is 6.07 Å². The average Bonchev–Trinajstić information content (AvgIpc) is 2.45. The monoisotopic (exact) mass is 392 g/mol. The molecule has 0 spiro atoms. The van der Waals surface area contributed by atoms with Crippen LogP contribution in [0, 0.1) is 6.92 Å². The van der Waals surface area contributed by atoms with Gasteiger partial charge >= 0.3 is 12.4 Å². The molecule has 148 valence electrons. The average molecular weight is 392 g/mol. The molecule has 1 aromatic heterocycles. The largest absolute Gasteiger partial charge is 0.433 e. The lowest BCUT2D eigenvalue weighted by Gasteiger charge is -2.22. The molecule has 0 unspecified atom stereocenters. The van der Waals surface area contributed by atoms with E-state index < -0.39 is 29.1 Å². The molecule has 0 amide bonds. The summed E-state index contributed by atoms with van der Waals surface area (Å²) in [6.45, 7) is 6.35. The summed E-state index contributed by atoms with van der Waals surface area (Å²) in [4.78, 5) is 7.39. The lowest BCUT2D eigenvalue weighted by molar-refractivity contribution is -0.141. The summed E-state index contributed by atoms with van der Waals surface area (Å²) in [5.41, 5.74) is -2.86. The second-order valence-electron chi connectivity index (χ2n) is 6.94. The zero-order valence-electron chi connectivity index (χ0n) is 15.0. The molecule has 2 aromatic rings. The van der Waals surface area contributed by atoms with Gasteiger partial charge in [-0.15, -0.1) is 0 Å². The zero-order valence-corrected chi connectivity index (χ0v) is 15.0. The van der Waals surface area contributed by atoms with Crippen LogP contribution in [0.15, 0.2) is 24.3 Å². The molecular weight excluding hydrogens is 374 g/mol. The molecule has 0 bridgehead atoms. The third kappa shape index (κ3) is 5.48. The Morgan fingerprint density at radius 2 is 1.52 bits per heavy atom. The van der Waals surface area contributed by atoms with E-state index in [1.54, 1.807) is 20.8 Å². The normalized spacial score (nSPS) is 12.8. The van der Waals surface area contributed by atoms with Gasteiger partial charge in [-0.25, -0.2) is 4.98 Å². The van der Waals surface area contributed by atoms with E-state index in [1.807, 2.05) is 0 Å². The molecule has 0 atom stereocenters. The van der Waals surface area contributed by atoms with Crippen molar-refractivity contribution in [3.05, 3.63) is 41.1 Å². The second kappa shape index (κ2) is 6.90. The summed E-state index contributed by atoms with van der Waals surface area (Å²) in [6, 6.07) is 4.04. The van der Waals surface area contributed by atoms with Crippen molar-refractivity contribution >= 4 is 17.5 Å². The Morgan fingerprint density at radius 3 is 2.04 bits per heavy atom. The summed E-state index contributed by atoms with van der Waals surface area (Å²) >= 11 is 0. The Bertz CT molecular complexity index is 822. The number of aromatic nitrogens is 2. The minimum atomic E-state index is -4.74. The maximum atomic E-state index is 13.1. The molecule has 4 nitrogen and oxygen atoms in total. The van der Waals surface area contributed by atoms with E-state index in [-0.39, 0.29) is 23.0 Å². The maximum absolute atomic E-state index is 13.1. The van der Waals surface area contributed by atoms with Crippen LogP contribution >= 0.6 is 0 Å². The van der Waals surface area contributed by atoms with Gasteiger partial charge in [0.25, 0.3) is 0 Å². The SMILES string of the molecule is Cc1c(Nc2cc(C(F)(F)F)nc(NC(C)(C)C)n2)cccc1C(F)(F)F. The van der Waals surface area contributed by atoms with Gasteiger partial charge in [-0.05, 0) is 45.4 Å². The van der Waals surface area contributed by atoms with E-state index in [0.29, 0.717) is 6.07 Å². The third-order valence-electron chi connectivity index (χ3n) is 3.41. The number of halogens is 6. The van der Waals surface area contributed by atoms with Crippen molar-refractivity contribution in [3.63, 3.8) is 0 Å². The molecule has 0 fully saturated rings. The highest BCUT2D eigenvalue weighted by atomic mass is 19.4. The Kier molecular flexibility index (Phi) is 5.31. The molecule has 2 rings (SSSR count). The fourth-order valence-electron chi connectivity index (χ4n) is 2.26. The summed E-state index contributed by atoms with van der Waals surface area (Å²) in [5, 5.41) is 5.26. The van der Waals surface area contributed by atoms with Crippen LogP contribution in [0.4, 0.5) is 43.8 Å². The van der Waals surface area contributed by atoms with E-state index in [2.05, 4.69) is 20.6 Å². The zero-order chi connectivity index (χ0) is 20.6. The Balaban J connectivity index is 2.48. The topological polar surface area (TPSA) is 49.8 Å². The first kappa shape index (κ1) is 20.8. The van der Waals surface area contributed by atoms with Crippen molar-refractivity contribution < 1.29 is 26.3 Å². The van der Waals surface area contributed by atoms with Crippen molar-refractivity contribution in [2.45, 2.75) is 45.6 Å². The van der Waals surface area contributed by atoms with Crippen molar-refractivity contribution in [3.8, 4) is 0 Å². The van der Waals surface area contributed by atoms with Crippen LogP contribution in [0.5, 0.6) is 0 Å². The predicted molar refractivity (Wildman–Crippen MR) is 89.9 cm³/mol.